The van der Waals surface area contributed by atoms with E-state index in [0.717, 1.165) is 10.5 Å². The van der Waals surface area contributed by atoms with E-state index in [9.17, 15) is 4.79 Å². The number of carbonyl (C=O) groups is 1. The van der Waals surface area contributed by atoms with Crippen molar-refractivity contribution in [2.75, 3.05) is 11.1 Å². The second kappa shape index (κ2) is 6.07. The minimum absolute atomic E-state index is 0.214. The number of aryl methyl sites for hydroxylation is 1. The number of nitriles is 1. The zero-order valence-electron chi connectivity index (χ0n) is 10.3. The Hall–Kier alpha value is -2.26. The van der Waals surface area contributed by atoms with E-state index in [1.54, 1.807) is 18.3 Å². The SMILES string of the molecule is Cc1cn[nH]c1NC(=O)c1ccccc1SCC#N. The zero-order chi connectivity index (χ0) is 13.7. The Morgan fingerprint density at radius 2 is 2.32 bits per heavy atom. The van der Waals surface area contributed by atoms with Crippen LogP contribution >= 0.6 is 11.8 Å². The first-order valence-electron chi connectivity index (χ1n) is 5.62. The maximum Gasteiger partial charge on any atom is 0.257 e. The van der Waals surface area contributed by atoms with Crippen LogP contribution in [0.15, 0.2) is 35.4 Å². The van der Waals surface area contributed by atoms with E-state index in [1.807, 2.05) is 19.1 Å². The van der Waals surface area contributed by atoms with Crippen molar-refractivity contribution in [1.82, 2.24) is 10.2 Å². The molecule has 0 fully saturated rings. The fraction of sp³-hybridized carbons (Fsp3) is 0.154. The Morgan fingerprint density at radius 3 is 3.00 bits per heavy atom. The molecule has 0 aliphatic heterocycles. The lowest BCUT2D eigenvalue weighted by Gasteiger charge is -2.08. The van der Waals surface area contributed by atoms with Crippen LogP contribution in [-0.4, -0.2) is 21.9 Å². The van der Waals surface area contributed by atoms with E-state index in [1.165, 1.54) is 11.8 Å². The Bertz CT molecular complexity index is 630. The van der Waals surface area contributed by atoms with Crippen molar-refractivity contribution in [2.24, 2.45) is 0 Å². The lowest BCUT2D eigenvalue weighted by molar-refractivity contribution is 0.102. The van der Waals surface area contributed by atoms with Gasteiger partial charge in [0, 0.05) is 10.5 Å². The third-order valence-electron chi connectivity index (χ3n) is 2.49. The molecule has 19 heavy (non-hydrogen) atoms. The number of rotatable bonds is 4. The van der Waals surface area contributed by atoms with E-state index in [-0.39, 0.29) is 5.91 Å². The Kier molecular flexibility index (Phi) is 4.21. The maximum atomic E-state index is 12.2. The number of anilines is 1. The predicted molar refractivity (Wildman–Crippen MR) is 74.1 cm³/mol. The molecular formula is C13H12N4OS. The first-order valence-corrected chi connectivity index (χ1v) is 6.61. The first kappa shape index (κ1) is 13.2. The zero-order valence-corrected chi connectivity index (χ0v) is 11.1. The summed E-state index contributed by atoms with van der Waals surface area (Å²) in [4.78, 5) is 13.0. The van der Waals surface area contributed by atoms with E-state index >= 15 is 0 Å². The number of hydrogen-bond donors (Lipinski definition) is 2. The summed E-state index contributed by atoms with van der Waals surface area (Å²) in [6, 6.07) is 9.26. The number of aromatic nitrogens is 2. The van der Waals surface area contributed by atoms with Gasteiger partial charge in [-0.15, -0.1) is 11.8 Å². The minimum atomic E-state index is -0.214. The summed E-state index contributed by atoms with van der Waals surface area (Å²) in [5.74, 6) is 0.686. The van der Waals surface area contributed by atoms with Gasteiger partial charge in [0.25, 0.3) is 5.91 Å². The fourth-order valence-corrected chi connectivity index (χ4v) is 2.25. The third kappa shape index (κ3) is 3.14. The number of thioether (sulfide) groups is 1. The Labute approximate surface area is 115 Å². The molecule has 0 bridgehead atoms. The van der Waals surface area contributed by atoms with Crippen molar-refractivity contribution in [2.45, 2.75) is 11.8 Å². The highest BCUT2D eigenvalue weighted by molar-refractivity contribution is 7.99. The Morgan fingerprint density at radius 1 is 1.53 bits per heavy atom. The second-order valence-electron chi connectivity index (χ2n) is 3.83. The van der Waals surface area contributed by atoms with Crippen LogP contribution in [0.4, 0.5) is 5.82 Å². The first-order chi connectivity index (χ1) is 9.22. The van der Waals surface area contributed by atoms with Gasteiger partial charge >= 0.3 is 0 Å². The molecule has 0 aliphatic carbocycles. The summed E-state index contributed by atoms with van der Waals surface area (Å²) in [5, 5.41) is 18.0. The lowest BCUT2D eigenvalue weighted by Crippen LogP contribution is -2.14. The maximum absolute atomic E-state index is 12.2. The summed E-state index contributed by atoms with van der Waals surface area (Å²) >= 11 is 1.34. The van der Waals surface area contributed by atoms with Gasteiger partial charge in [-0.1, -0.05) is 12.1 Å². The number of amides is 1. The number of aromatic amines is 1. The monoisotopic (exact) mass is 272 g/mol. The molecule has 1 amide bonds. The van der Waals surface area contributed by atoms with Gasteiger partial charge in [-0.3, -0.25) is 9.89 Å². The number of H-pyrrole nitrogens is 1. The molecule has 0 saturated carbocycles. The normalized spacial score (nSPS) is 9.89. The summed E-state index contributed by atoms with van der Waals surface area (Å²) < 4.78 is 0. The van der Waals surface area contributed by atoms with Crippen LogP contribution < -0.4 is 5.32 Å². The van der Waals surface area contributed by atoms with Crippen LogP contribution in [0.25, 0.3) is 0 Å². The molecule has 96 valence electrons. The molecule has 1 aromatic carbocycles. The number of nitrogens with zero attached hydrogens (tertiary/aromatic N) is 2. The van der Waals surface area contributed by atoms with Gasteiger partial charge in [0.1, 0.15) is 5.82 Å². The van der Waals surface area contributed by atoms with E-state index in [4.69, 9.17) is 5.26 Å². The molecule has 5 nitrogen and oxygen atoms in total. The van der Waals surface area contributed by atoms with Crippen molar-refractivity contribution in [3.63, 3.8) is 0 Å². The molecule has 0 spiro atoms. The topological polar surface area (TPSA) is 81.6 Å². The van der Waals surface area contributed by atoms with Gasteiger partial charge in [-0.25, -0.2) is 0 Å². The molecule has 1 aromatic heterocycles. The standard InChI is InChI=1S/C13H12N4OS/c1-9-8-15-17-12(9)16-13(18)10-4-2-3-5-11(10)19-7-6-14/h2-5,8H,7H2,1H3,(H2,15,16,17,18). The van der Waals surface area contributed by atoms with Crippen LogP contribution in [0.2, 0.25) is 0 Å². The van der Waals surface area contributed by atoms with Gasteiger partial charge in [-0.2, -0.15) is 10.4 Å². The molecule has 1 heterocycles. The largest absolute Gasteiger partial charge is 0.307 e. The molecule has 0 radical (unpaired) electrons. The van der Waals surface area contributed by atoms with Crippen molar-refractivity contribution in [3.8, 4) is 6.07 Å². The van der Waals surface area contributed by atoms with Gasteiger partial charge in [0.2, 0.25) is 0 Å². The smallest absolute Gasteiger partial charge is 0.257 e. The molecule has 2 aromatic rings. The fourth-order valence-electron chi connectivity index (χ4n) is 1.54. The van der Waals surface area contributed by atoms with Crippen LogP contribution in [0.1, 0.15) is 15.9 Å². The quantitative estimate of drug-likeness (QED) is 0.838. The van der Waals surface area contributed by atoms with Gasteiger partial charge in [0.15, 0.2) is 0 Å². The highest BCUT2D eigenvalue weighted by atomic mass is 32.2. The average Bonchev–Trinajstić information content (AvgIpc) is 2.82. The van der Waals surface area contributed by atoms with Crippen LogP contribution in [0.3, 0.4) is 0 Å². The molecule has 6 heteroatoms. The molecule has 2 N–H and O–H groups in total. The van der Waals surface area contributed by atoms with E-state index in [2.05, 4.69) is 21.6 Å². The third-order valence-corrected chi connectivity index (χ3v) is 3.43. The molecule has 0 saturated heterocycles. The minimum Gasteiger partial charge on any atom is -0.307 e. The summed E-state index contributed by atoms with van der Waals surface area (Å²) in [6.07, 6.45) is 1.64. The summed E-state index contributed by atoms with van der Waals surface area (Å²) in [7, 11) is 0. The van der Waals surface area contributed by atoms with Crippen molar-refractivity contribution < 1.29 is 4.79 Å². The van der Waals surface area contributed by atoms with Crippen molar-refractivity contribution >= 4 is 23.5 Å². The lowest BCUT2D eigenvalue weighted by atomic mass is 10.2. The summed E-state index contributed by atoms with van der Waals surface area (Å²) in [6.45, 7) is 1.86. The second-order valence-corrected chi connectivity index (χ2v) is 4.84. The van der Waals surface area contributed by atoms with Crippen LogP contribution in [0.5, 0.6) is 0 Å². The van der Waals surface area contributed by atoms with Crippen molar-refractivity contribution in [1.29, 1.82) is 5.26 Å². The van der Waals surface area contributed by atoms with Crippen LogP contribution in [0, 0.1) is 18.3 Å². The van der Waals surface area contributed by atoms with Crippen molar-refractivity contribution in [3.05, 3.63) is 41.6 Å². The number of hydrogen-bond acceptors (Lipinski definition) is 4. The van der Waals surface area contributed by atoms with E-state index < -0.39 is 0 Å². The van der Waals surface area contributed by atoms with Gasteiger partial charge in [0.05, 0.1) is 23.6 Å². The predicted octanol–water partition coefficient (Wildman–Crippen LogP) is 2.59. The highest BCUT2D eigenvalue weighted by Crippen LogP contribution is 2.23. The molecule has 0 atom stereocenters. The van der Waals surface area contributed by atoms with Gasteiger partial charge in [-0.05, 0) is 19.1 Å². The number of carbonyl (C=O) groups excluding carboxylic acids is 1. The molecule has 0 unspecified atom stereocenters. The van der Waals surface area contributed by atoms with Crippen LogP contribution in [-0.2, 0) is 0 Å². The average molecular weight is 272 g/mol. The Balaban J connectivity index is 2.19. The molecule has 2 rings (SSSR count). The molecular weight excluding hydrogens is 260 g/mol. The highest BCUT2D eigenvalue weighted by Gasteiger charge is 2.13. The van der Waals surface area contributed by atoms with Gasteiger partial charge < -0.3 is 5.32 Å². The number of nitrogens with one attached hydrogen (secondary N) is 2. The summed E-state index contributed by atoms with van der Waals surface area (Å²) in [5.41, 5.74) is 1.42. The van der Waals surface area contributed by atoms with E-state index in [0.29, 0.717) is 17.1 Å². The number of benzene rings is 1. The molecule has 0 aliphatic rings.